The molecule has 0 bridgehead atoms. The molecule has 0 aliphatic heterocycles. The van der Waals surface area contributed by atoms with Crippen molar-refractivity contribution in [1.82, 2.24) is 14.8 Å². The first-order chi connectivity index (χ1) is 6.47. The number of alkyl halides is 3. The van der Waals surface area contributed by atoms with Crippen LogP contribution in [0.1, 0.15) is 0 Å². The Morgan fingerprint density at radius 2 is 2.21 bits per heavy atom. The zero-order chi connectivity index (χ0) is 10.6. The highest BCUT2D eigenvalue weighted by Gasteiger charge is 2.27. The van der Waals surface area contributed by atoms with E-state index < -0.39 is 12.8 Å². The van der Waals surface area contributed by atoms with E-state index in [4.69, 9.17) is 0 Å². The molecule has 14 heavy (non-hydrogen) atoms. The average molecular weight is 321 g/mol. The lowest BCUT2D eigenvalue weighted by molar-refractivity contribution is -0.174. The normalized spacial score (nSPS) is 12.0. The highest BCUT2D eigenvalue weighted by molar-refractivity contribution is 14.1. The Hall–Kier alpha value is -0.380. The molecule has 0 amide bonds. The number of halogens is 4. The van der Waals surface area contributed by atoms with Crippen LogP contribution in [0, 0.1) is 3.83 Å². The molecular formula is C6H7F3IN3O. The molecule has 0 radical (unpaired) electrons. The summed E-state index contributed by atoms with van der Waals surface area (Å²) in [7, 11) is 0. The van der Waals surface area contributed by atoms with E-state index in [1.54, 1.807) is 0 Å². The smallest absolute Gasteiger partial charge is 0.370 e. The second kappa shape index (κ2) is 4.91. The summed E-state index contributed by atoms with van der Waals surface area (Å²) in [6.45, 7) is -0.982. The average Bonchev–Trinajstić information content (AvgIpc) is 2.44. The Balaban J connectivity index is 2.16. The third-order valence-electron chi connectivity index (χ3n) is 1.24. The van der Waals surface area contributed by atoms with Crippen molar-refractivity contribution in [2.45, 2.75) is 12.7 Å². The third-order valence-corrected chi connectivity index (χ3v) is 1.73. The van der Waals surface area contributed by atoms with Crippen LogP contribution in [0.5, 0.6) is 0 Å². The van der Waals surface area contributed by atoms with Crippen LogP contribution in [0.2, 0.25) is 0 Å². The fraction of sp³-hybridized carbons (Fsp3) is 0.667. The molecular weight excluding hydrogens is 314 g/mol. The Morgan fingerprint density at radius 3 is 2.71 bits per heavy atom. The van der Waals surface area contributed by atoms with E-state index in [2.05, 4.69) is 14.8 Å². The molecule has 0 spiro atoms. The number of nitrogens with zero attached hydrogens (tertiary/aromatic N) is 3. The third kappa shape index (κ3) is 4.74. The van der Waals surface area contributed by atoms with Gasteiger partial charge in [-0.25, -0.2) is 9.67 Å². The summed E-state index contributed by atoms with van der Waals surface area (Å²) >= 11 is 1.91. The van der Waals surface area contributed by atoms with Crippen LogP contribution >= 0.6 is 22.6 Å². The van der Waals surface area contributed by atoms with E-state index in [1.165, 1.54) is 11.0 Å². The Labute approximate surface area is 91.6 Å². The first kappa shape index (κ1) is 11.7. The molecule has 0 unspecified atom stereocenters. The zero-order valence-corrected chi connectivity index (χ0v) is 9.12. The molecule has 1 rings (SSSR count). The van der Waals surface area contributed by atoms with E-state index in [9.17, 15) is 13.2 Å². The molecule has 0 saturated heterocycles. The highest BCUT2D eigenvalue weighted by Crippen LogP contribution is 2.14. The molecule has 4 nitrogen and oxygen atoms in total. The van der Waals surface area contributed by atoms with Crippen LogP contribution in [0.25, 0.3) is 0 Å². The minimum Gasteiger partial charge on any atom is -0.370 e. The summed E-state index contributed by atoms with van der Waals surface area (Å²) in [5, 5.41) is 3.88. The van der Waals surface area contributed by atoms with Gasteiger partial charge >= 0.3 is 6.18 Å². The first-order valence-corrected chi connectivity index (χ1v) is 4.75. The molecule has 1 heterocycles. The topological polar surface area (TPSA) is 39.9 Å². The molecule has 0 N–H and O–H groups in total. The second-order valence-corrected chi connectivity index (χ2v) is 3.41. The van der Waals surface area contributed by atoms with Gasteiger partial charge in [-0.3, -0.25) is 0 Å². The van der Waals surface area contributed by atoms with Gasteiger partial charge in [0.15, 0.2) is 0 Å². The SMILES string of the molecule is FC(F)(F)COCCn1cnc(I)n1. The van der Waals surface area contributed by atoms with E-state index in [0.717, 1.165) is 0 Å². The quantitative estimate of drug-likeness (QED) is 0.623. The van der Waals surface area contributed by atoms with Gasteiger partial charge in [-0.15, -0.1) is 5.10 Å². The van der Waals surface area contributed by atoms with E-state index >= 15 is 0 Å². The van der Waals surface area contributed by atoms with E-state index in [-0.39, 0.29) is 13.2 Å². The van der Waals surface area contributed by atoms with Crippen molar-refractivity contribution < 1.29 is 17.9 Å². The molecule has 1 aromatic heterocycles. The van der Waals surface area contributed by atoms with Gasteiger partial charge in [0, 0.05) is 22.6 Å². The first-order valence-electron chi connectivity index (χ1n) is 3.67. The summed E-state index contributed by atoms with van der Waals surface area (Å²) in [6.07, 6.45) is -2.82. The lowest BCUT2D eigenvalue weighted by Crippen LogP contribution is -2.19. The van der Waals surface area contributed by atoms with Crippen LogP contribution in [-0.4, -0.2) is 34.2 Å². The molecule has 1 aromatic rings. The predicted molar refractivity (Wildman–Crippen MR) is 49.6 cm³/mol. The van der Waals surface area contributed by atoms with Gasteiger partial charge in [0.25, 0.3) is 0 Å². The lowest BCUT2D eigenvalue weighted by atomic mass is 10.6. The zero-order valence-electron chi connectivity index (χ0n) is 6.96. The van der Waals surface area contributed by atoms with Crippen molar-refractivity contribution in [1.29, 1.82) is 0 Å². The Bertz CT molecular complexity index is 288. The van der Waals surface area contributed by atoms with Gasteiger partial charge in [-0.2, -0.15) is 13.2 Å². The van der Waals surface area contributed by atoms with Gasteiger partial charge in [0.05, 0.1) is 13.2 Å². The summed E-state index contributed by atoms with van der Waals surface area (Å²) in [4.78, 5) is 3.80. The molecule has 0 saturated carbocycles. The molecule has 0 aliphatic rings. The molecule has 0 aromatic carbocycles. The van der Waals surface area contributed by atoms with Crippen LogP contribution in [0.4, 0.5) is 13.2 Å². The summed E-state index contributed by atoms with van der Waals surface area (Å²) in [5.41, 5.74) is 0. The number of ether oxygens (including phenoxy) is 1. The minimum atomic E-state index is -4.27. The number of rotatable bonds is 4. The fourth-order valence-electron chi connectivity index (χ4n) is 0.726. The Morgan fingerprint density at radius 1 is 1.50 bits per heavy atom. The van der Waals surface area contributed by atoms with Crippen LogP contribution in [-0.2, 0) is 11.3 Å². The van der Waals surface area contributed by atoms with Gasteiger partial charge in [-0.05, 0) is 0 Å². The van der Waals surface area contributed by atoms with Gasteiger partial charge in [0.1, 0.15) is 12.9 Å². The number of hydrogen-bond donors (Lipinski definition) is 0. The van der Waals surface area contributed by atoms with Crippen LogP contribution in [0.3, 0.4) is 0 Å². The van der Waals surface area contributed by atoms with Crippen LogP contribution < -0.4 is 0 Å². The number of aromatic nitrogens is 3. The molecule has 0 atom stereocenters. The molecule has 8 heteroatoms. The minimum absolute atomic E-state index is 0.0288. The summed E-state index contributed by atoms with van der Waals surface area (Å²) in [5.74, 6) is 0. The maximum atomic E-state index is 11.6. The van der Waals surface area contributed by atoms with Crippen LogP contribution in [0.15, 0.2) is 6.33 Å². The monoisotopic (exact) mass is 321 g/mol. The predicted octanol–water partition coefficient (Wildman–Crippen LogP) is 1.46. The van der Waals surface area contributed by atoms with Gasteiger partial charge in [0.2, 0.25) is 3.83 Å². The fourth-order valence-corrected chi connectivity index (χ4v) is 1.13. The number of hydrogen-bond acceptors (Lipinski definition) is 3. The standard InChI is InChI=1S/C6H7F3IN3O/c7-6(8,9)3-14-2-1-13-4-11-5(10)12-13/h4H,1-3H2. The largest absolute Gasteiger partial charge is 0.411 e. The Kier molecular flexibility index (Phi) is 4.11. The maximum Gasteiger partial charge on any atom is 0.411 e. The van der Waals surface area contributed by atoms with Gasteiger partial charge in [-0.1, -0.05) is 0 Å². The van der Waals surface area contributed by atoms with Crippen molar-refractivity contribution in [3.05, 3.63) is 10.2 Å². The van der Waals surface area contributed by atoms with Crippen molar-refractivity contribution in [3.8, 4) is 0 Å². The van der Waals surface area contributed by atoms with Crippen molar-refractivity contribution in [3.63, 3.8) is 0 Å². The van der Waals surface area contributed by atoms with Crippen molar-refractivity contribution in [2.24, 2.45) is 0 Å². The molecule has 0 fully saturated rings. The van der Waals surface area contributed by atoms with E-state index in [0.29, 0.717) is 3.83 Å². The lowest BCUT2D eigenvalue weighted by Gasteiger charge is -2.06. The van der Waals surface area contributed by atoms with Crippen molar-refractivity contribution in [2.75, 3.05) is 13.2 Å². The summed E-state index contributed by atoms with van der Waals surface area (Å²) in [6, 6.07) is 0. The highest BCUT2D eigenvalue weighted by atomic mass is 127. The molecule has 80 valence electrons. The van der Waals surface area contributed by atoms with Crippen molar-refractivity contribution >= 4 is 22.6 Å². The maximum absolute atomic E-state index is 11.6. The van der Waals surface area contributed by atoms with E-state index in [1.807, 2.05) is 22.6 Å². The van der Waals surface area contributed by atoms with Gasteiger partial charge < -0.3 is 4.74 Å². The summed E-state index contributed by atoms with van der Waals surface area (Å²) < 4.78 is 41.3. The molecule has 0 aliphatic carbocycles. The second-order valence-electron chi connectivity index (χ2n) is 2.44.